The van der Waals surface area contributed by atoms with Crippen molar-refractivity contribution in [3.8, 4) is 11.5 Å². The van der Waals surface area contributed by atoms with Crippen molar-refractivity contribution in [2.45, 2.75) is 69.7 Å². The van der Waals surface area contributed by atoms with Gasteiger partial charge in [0, 0.05) is 24.1 Å². The largest absolute Gasteiger partial charge is 0.492 e. The highest BCUT2D eigenvalue weighted by Crippen LogP contribution is 2.44. The van der Waals surface area contributed by atoms with Crippen molar-refractivity contribution in [3.63, 3.8) is 0 Å². The molecule has 0 unspecified atom stereocenters. The fourth-order valence-corrected chi connectivity index (χ4v) is 5.77. The molecule has 1 fully saturated rings. The molecule has 0 spiro atoms. The highest BCUT2D eigenvalue weighted by molar-refractivity contribution is 5.71. The van der Waals surface area contributed by atoms with E-state index in [4.69, 9.17) is 14.2 Å². The van der Waals surface area contributed by atoms with E-state index in [0.29, 0.717) is 43.1 Å². The summed E-state index contributed by atoms with van der Waals surface area (Å²) in [6.45, 7) is 2.42. The zero-order valence-electron chi connectivity index (χ0n) is 20.5. The molecule has 0 saturated carbocycles. The van der Waals surface area contributed by atoms with Crippen molar-refractivity contribution in [3.05, 3.63) is 58.1 Å². The Kier molecular flexibility index (Phi) is 7.15. The average Bonchev–Trinajstić information content (AvgIpc) is 3.34. The fraction of sp³-hybridized carbons (Fsp3) is 0.536. The molecule has 1 aliphatic carbocycles. The minimum Gasteiger partial charge on any atom is -0.492 e. The number of nitrogens with zero attached hydrogens (tertiary/aromatic N) is 1. The van der Waals surface area contributed by atoms with E-state index in [2.05, 4.69) is 4.90 Å². The number of halogens is 3. The van der Waals surface area contributed by atoms with E-state index in [9.17, 15) is 18.0 Å². The minimum absolute atomic E-state index is 0.0592. The van der Waals surface area contributed by atoms with E-state index in [1.807, 2.05) is 18.2 Å². The molecule has 0 aromatic heterocycles. The SMILES string of the molecule is COC(=O)C[C@@H]1COc2cc(O[C@@H]3CCc4c3ccc(C(F)(F)F)c4CN3CCCCCC3)ccc21. The molecule has 1 saturated heterocycles. The van der Waals surface area contributed by atoms with Crippen LogP contribution in [0.15, 0.2) is 30.3 Å². The molecule has 5 rings (SSSR count). The lowest BCUT2D eigenvalue weighted by Gasteiger charge is -2.25. The third kappa shape index (κ3) is 5.19. The van der Waals surface area contributed by atoms with Gasteiger partial charge in [-0.25, -0.2) is 0 Å². The summed E-state index contributed by atoms with van der Waals surface area (Å²) >= 11 is 0. The summed E-state index contributed by atoms with van der Waals surface area (Å²) in [5.41, 5.74) is 2.46. The third-order valence-corrected chi connectivity index (χ3v) is 7.64. The maximum Gasteiger partial charge on any atom is 0.416 e. The number of methoxy groups -OCH3 is 1. The number of hydrogen-bond donors (Lipinski definition) is 0. The van der Waals surface area contributed by atoms with Gasteiger partial charge in [0.05, 0.1) is 25.7 Å². The van der Waals surface area contributed by atoms with Crippen LogP contribution in [0.5, 0.6) is 11.5 Å². The predicted molar refractivity (Wildman–Crippen MR) is 128 cm³/mol. The number of carbonyl (C=O) groups excluding carboxylic acids is 1. The van der Waals surface area contributed by atoms with Gasteiger partial charge in [-0.2, -0.15) is 13.2 Å². The lowest BCUT2D eigenvalue weighted by molar-refractivity contribution is -0.141. The molecule has 2 aromatic carbocycles. The van der Waals surface area contributed by atoms with Crippen molar-refractivity contribution in [1.82, 2.24) is 4.90 Å². The van der Waals surface area contributed by atoms with Gasteiger partial charge in [-0.1, -0.05) is 25.0 Å². The molecule has 0 bridgehead atoms. The molecule has 5 nitrogen and oxygen atoms in total. The summed E-state index contributed by atoms with van der Waals surface area (Å²) in [7, 11) is 1.37. The first-order valence-electron chi connectivity index (χ1n) is 12.8. The Labute approximate surface area is 209 Å². The molecular weight excluding hydrogens is 471 g/mol. The molecule has 0 radical (unpaired) electrons. The number of fused-ring (bicyclic) bond motifs is 2. The number of rotatable bonds is 6. The van der Waals surface area contributed by atoms with Gasteiger partial charge in [0.15, 0.2) is 0 Å². The minimum atomic E-state index is -4.38. The third-order valence-electron chi connectivity index (χ3n) is 7.64. The average molecular weight is 504 g/mol. The highest BCUT2D eigenvalue weighted by Gasteiger charge is 2.38. The maximum absolute atomic E-state index is 14.0. The second-order valence-corrected chi connectivity index (χ2v) is 9.98. The van der Waals surface area contributed by atoms with E-state index in [0.717, 1.165) is 55.5 Å². The molecule has 0 N–H and O–H groups in total. The van der Waals surface area contributed by atoms with Crippen molar-refractivity contribution >= 4 is 5.97 Å². The van der Waals surface area contributed by atoms with Crippen LogP contribution in [0.25, 0.3) is 0 Å². The molecular formula is C28H32F3NO4. The van der Waals surface area contributed by atoms with Crippen LogP contribution in [0.2, 0.25) is 0 Å². The van der Waals surface area contributed by atoms with E-state index in [-0.39, 0.29) is 24.4 Å². The maximum atomic E-state index is 14.0. The van der Waals surface area contributed by atoms with Crippen LogP contribution >= 0.6 is 0 Å². The Morgan fingerprint density at radius 3 is 2.56 bits per heavy atom. The van der Waals surface area contributed by atoms with Gasteiger partial charge >= 0.3 is 12.1 Å². The quantitative estimate of drug-likeness (QED) is 0.440. The number of ether oxygens (including phenoxy) is 3. The summed E-state index contributed by atoms with van der Waals surface area (Å²) in [6, 6.07) is 8.39. The van der Waals surface area contributed by atoms with Gasteiger partial charge in [-0.05, 0) is 67.6 Å². The van der Waals surface area contributed by atoms with Gasteiger partial charge in [0.2, 0.25) is 0 Å². The Hall–Kier alpha value is -2.74. The summed E-state index contributed by atoms with van der Waals surface area (Å²) in [6.07, 6.45) is 1.09. The van der Waals surface area contributed by atoms with Crippen molar-refractivity contribution in [1.29, 1.82) is 0 Å². The smallest absolute Gasteiger partial charge is 0.416 e. The van der Waals surface area contributed by atoms with Gasteiger partial charge in [0.1, 0.15) is 17.6 Å². The molecule has 36 heavy (non-hydrogen) atoms. The number of hydrogen-bond acceptors (Lipinski definition) is 5. The van der Waals surface area contributed by atoms with Gasteiger partial charge < -0.3 is 14.2 Å². The van der Waals surface area contributed by atoms with Crippen molar-refractivity contribution in [2.75, 3.05) is 26.8 Å². The molecule has 3 aliphatic rings. The monoisotopic (exact) mass is 503 g/mol. The van der Waals surface area contributed by atoms with Gasteiger partial charge in [-0.3, -0.25) is 9.69 Å². The van der Waals surface area contributed by atoms with E-state index < -0.39 is 11.7 Å². The van der Waals surface area contributed by atoms with Crippen LogP contribution in [0, 0.1) is 0 Å². The normalized spacial score (nSPS) is 21.9. The molecule has 194 valence electrons. The zero-order chi connectivity index (χ0) is 25.3. The first kappa shape index (κ1) is 24.9. The second kappa shape index (κ2) is 10.3. The van der Waals surface area contributed by atoms with E-state index in [1.54, 1.807) is 6.07 Å². The molecule has 2 atom stereocenters. The summed E-state index contributed by atoms with van der Waals surface area (Å²) in [5.74, 6) is 0.942. The first-order valence-corrected chi connectivity index (χ1v) is 12.8. The Morgan fingerprint density at radius 1 is 1.08 bits per heavy atom. The first-order chi connectivity index (χ1) is 17.3. The van der Waals surface area contributed by atoms with Crippen LogP contribution < -0.4 is 9.47 Å². The Balaban J connectivity index is 1.37. The number of likely N-dealkylation sites (tertiary alicyclic amines) is 1. The number of benzene rings is 2. The van der Waals surface area contributed by atoms with Gasteiger partial charge in [0.25, 0.3) is 0 Å². The lowest BCUT2D eigenvalue weighted by Crippen LogP contribution is -2.26. The topological polar surface area (TPSA) is 48.0 Å². The van der Waals surface area contributed by atoms with Crippen LogP contribution in [-0.4, -0.2) is 37.7 Å². The predicted octanol–water partition coefficient (Wildman–Crippen LogP) is 6.19. The molecule has 2 heterocycles. The molecule has 2 aliphatic heterocycles. The summed E-state index contributed by atoms with van der Waals surface area (Å²) < 4.78 is 58.7. The highest BCUT2D eigenvalue weighted by atomic mass is 19.4. The van der Waals surface area contributed by atoms with Crippen LogP contribution in [0.1, 0.15) is 78.4 Å². The Morgan fingerprint density at radius 2 is 1.83 bits per heavy atom. The number of esters is 1. The van der Waals surface area contributed by atoms with Crippen molar-refractivity contribution < 1.29 is 32.2 Å². The zero-order valence-corrected chi connectivity index (χ0v) is 20.5. The molecule has 8 heteroatoms. The second-order valence-electron chi connectivity index (χ2n) is 9.98. The van der Waals surface area contributed by atoms with Crippen molar-refractivity contribution in [2.24, 2.45) is 0 Å². The van der Waals surface area contributed by atoms with Crippen LogP contribution in [0.3, 0.4) is 0 Å². The van der Waals surface area contributed by atoms with E-state index >= 15 is 0 Å². The molecule has 0 amide bonds. The Bertz CT molecular complexity index is 1110. The summed E-state index contributed by atoms with van der Waals surface area (Å²) in [4.78, 5) is 13.8. The summed E-state index contributed by atoms with van der Waals surface area (Å²) in [5, 5.41) is 0. The lowest BCUT2D eigenvalue weighted by atomic mass is 9.96. The van der Waals surface area contributed by atoms with E-state index in [1.165, 1.54) is 13.2 Å². The standard InChI is InChI=1S/C28H32F3NO4/c1-34-27(33)14-18-17-35-26-15-19(6-7-20(18)26)36-25-11-9-21-22(25)8-10-24(28(29,30)31)23(21)16-32-12-4-2-3-5-13-32/h6-8,10,15,18,25H,2-5,9,11-14,16-17H2,1H3/t18-,25-/m1/s1. The fourth-order valence-electron chi connectivity index (χ4n) is 5.77. The van der Waals surface area contributed by atoms with Crippen LogP contribution in [0.4, 0.5) is 13.2 Å². The number of alkyl halides is 3. The van der Waals surface area contributed by atoms with Crippen LogP contribution in [-0.2, 0) is 28.7 Å². The number of carbonyl (C=O) groups is 1. The van der Waals surface area contributed by atoms with Gasteiger partial charge in [-0.15, -0.1) is 0 Å². The molecule has 2 aromatic rings.